The summed E-state index contributed by atoms with van der Waals surface area (Å²) >= 11 is 0. The quantitative estimate of drug-likeness (QED) is 0.626. The number of aliphatic hydroxyl groups is 1. The summed E-state index contributed by atoms with van der Waals surface area (Å²) < 4.78 is 1.99. The average Bonchev–Trinajstić information content (AvgIpc) is 3.37. The van der Waals surface area contributed by atoms with Gasteiger partial charge in [0.2, 0.25) is 0 Å². The standard InChI is InChI=1S/C21H25N5O2/c1-14(15-7-3-2-4-8-15)23-21(28)25-19-11-16-12-22-26(17-9-5-6-10-17)20(16)18(13-27)24-19/h2-4,7-8,11-12,14,17,27H,5-6,9-10,13H2,1H3,(H2,23,24,25,28). The molecule has 2 aromatic heterocycles. The van der Waals surface area contributed by atoms with Crippen molar-refractivity contribution in [1.82, 2.24) is 20.1 Å². The van der Waals surface area contributed by atoms with Gasteiger partial charge in [-0.25, -0.2) is 9.78 Å². The lowest BCUT2D eigenvalue weighted by Gasteiger charge is -2.16. The summed E-state index contributed by atoms with van der Waals surface area (Å²) in [6, 6.07) is 11.5. The number of anilines is 1. The Balaban J connectivity index is 1.53. The molecule has 1 aromatic carbocycles. The number of nitrogens with zero attached hydrogens (tertiary/aromatic N) is 3. The molecule has 0 bridgehead atoms. The van der Waals surface area contributed by atoms with E-state index in [4.69, 9.17) is 0 Å². The summed E-state index contributed by atoms with van der Waals surface area (Å²) in [6.07, 6.45) is 6.38. The Labute approximate surface area is 163 Å². The predicted octanol–water partition coefficient (Wildman–Crippen LogP) is 3.92. The van der Waals surface area contributed by atoms with Crippen LogP contribution in [-0.4, -0.2) is 25.9 Å². The smallest absolute Gasteiger partial charge is 0.320 e. The molecule has 4 rings (SSSR count). The van der Waals surface area contributed by atoms with Gasteiger partial charge in [0.25, 0.3) is 0 Å². The minimum absolute atomic E-state index is 0.132. The van der Waals surface area contributed by atoms with Crippen LogP contribution in [0.25, 0.3) is 10.9 Å². The van der Waals surface area contributed by atoms with Crippen LogP contribution in [0.1, 0.15) is 55.9 Å². The molecule has 3 aromatic rings. The number of fused-ring (bicyclic) bond motifs is 1. The van der Waals surface area contributed by atoms with Crippen molar-refractivity contribution in [2.45, 2.75) is 51.3 Å². The number of hydrogen-bond donors (Lipinski definition) is 3. The molecule has 1 fully saturated rings. The van der Waals surface area contributed by atoms with Crippen LogP contribution in [-0.2, 0) is 6.61 Å². The van der Waals surface area contributed by atoms with Gasteiger partial charge in [0.05, 0.1) is 36.1 Å². The minimum atomic E-state index is -0.338. The Morgan fingerprint density at radius 3 is 2.75 bits per heavy atom. The second-order valence-corrected chi connectivity index (χ2v) is 7.31. The fraction of sp³-hybridized carbons (Fsp3) is 0.381. The lowest BCUT2D eigenvalue weighted by atomic mass is 10.1. The van der Waals surface area contributed by atoms with Crippen molar-refractivity contribution >= 4 is 22.8 Å². The fourth-order valence-electron chi connectivity index (χ4n) is 3.93. The van der Waals surface area contributed by atoms with E-state index in [9.17, 15) is 9.90 Å². The first-order valence-electron chi connectivity index (χ1n) is 9.76. The van der Waals surface area contributed by atoms with Gasteiger partial charge in [-0.1, -0.05) is 43.2 Å². The maximum Gasteiger partial charge on any atom is 0.320 e. The van der Waals surface area contributed by atoms with E-state index in [-0.39, 0.29) is 18.7 Å². The van der Waals surface area contributed by atoms with E-state index in [1.54, 1.807) is 12.3 Å². The third kappa shape index (κ3) is 3.71. The molecule has 7 heteroatoms. The lowest BCUT2D eigenvalue weighted by Crippen LogP contribution is -2.31. The van der Waals surface area contributed by atoms with Crippen molar-refractivity contribution in [3.8, 4) is 0 Å². The molecule has 3 N–H and O–H groups in total. The molecular formula is C21H25N5O2. The molecule has 0 radical (unpaired) electrons. The number of benzene rings is 1. The van der Waals surface area contributed by atoms with Crippen molar-refractivity contribution in [3.63, 3.8) is 0 Å². The molecule has 2 amide bonds. The Kier molecular flexibility index (Phi) is 5.25. The van der Waals surface area contributed by atoms with E-state index in [1.807, 2.05) is 41.9 Å². The van der Waals surface area contributed by atoms with Crippen LogP contribution in [0.4, 0.5) is 10.6 Å². The van der Waals surface area contributed by atoms with Crippen LogP contribution >= 0.6 is 0 Å². The maximum absolute atomic E-state index is 12.4. The van der Waals surface area contributed by atoms with Gasteiger partial charge in [-0.05, 0) is 31.4 Å². The van der Waals surface area contributed by atoms with E-state index in [0.717, 1.165) is 29.3 Å². The molecule has 1 saturated carbocycles. The number of carbonyl (C=O) groups excluding carboxylic acids is 1. The van der Waals surface area contributed by atoms with Crippen molar-refractivity contribution < 1.29 is 9.90 Å². The third-order valence-corrected chi connectivity index (χ3v) is 5.35. The lowest BCUT2D eigenvalue weighted by molar-refractivity contribution is 0.249. The van der Waals surface area contributed by atoms with Crippen LogP contribution in [0.5, 0.6) is 0 Å². The Bertz CT molecular complexity index is 964. The Hall–Kier alpha value is -2.93. The topological polar surface area (TPSA) is 92.1 Å². The molecule has 1 unspecified atom stereocenters. The van der Waals surface area contributed by atoms with Crippen LogP contribution in [0.15, 0.2) is 42.6 Å². The second-order valence-electron chi connectivity index (χ2n) is 7.31. The zero-order chi connectivity index (χ0) is 19.5. The number of urea groups is 1. The fourth-order valence-corrected chi connectivity index (χ4v) is 3.93. The van der Waals surface area contributed by atoms with Gasteiger partial charge in [-0.2, -0.15) is 5.10 Å². The first-order chi connectivity index (χ1) is 13.7. The van der Waals surface area contributed by atoms with Gasteiger partial charge < -0.3 is 10.4 Å². The summed E-state index contributed by atoms with van der Waals surface area (Å²) in [5, 5.41) is 20.9. The molecule has 1 aliphatic rings. The SMILES string of the molecule is CC(NC(=O)Nc1cc2cnn(C3CCCC3)c2c(CO)n1)c1ccccc1. The summed E-state index contributed by atoms with van der Waals surface area (Å²) in [4.78, 5) is 16.9. The Morgan fingerprint density at radius 1 is 1.29 bits per heavy atom. The van der Waals surface area contributed by atoms with Gasteiger partial charge >= 0.3 is 6.03 Å². The van der Waals surface area contributed by atoms with Crippen LogP contribution in [0.2, 0.25) is 0 Å². The van der Waals surface area contributed by atoms with Gasteiger partial charge in [0.15, 0.2) is 0 Å². The zero-order valence-corrected chi connectivity index (χ0v) is 15.9. The summed E-state index contributed by atoms with van der Waals surface area (Å²) in [5.41, 5.74) is 2.42. The van der Waals surface area contributed by atoms with Gasteiger partial charge in [0, 0.05) is 5.39 Å². The molecule has 28 heavy (non-hydrogen) atoms. The van der Waals surface area contributed by atoms with Crippen molar-refractivity contribution in [2.24, 2.45) is 0 Å². The number of aliphatic hydroxyl groups excluding tert-OH is 1. The van der Waals surface area contributed by atoms with Gasteiger partial charge in [0.1, 0.15) is 5.82 Å². The molecule has 2 heterocycles. The number of nitrogens with one attached hydrogen (secondary N) is 2. The molecule has 0 spiro atoms. The van der Waals surface area contributed by atoms with E-state index < -0.39 is 0 Å². The summed E-state index contributed by atoms with van der Waals surface area (Å²) in [5.74, 6) is 0.403. The molecule has 0 aliphatic heterocycles. The second kappa shape index (κ2) is 7.98. The first-order valence-corrected chi connectivity index (χ1v) is 9.76. The predicted molar refractivity (Wildman–Crippen MR) is 108 cm³/mol. The van der Waals surface area contributed by atoms with Gasteiger partial charge in [-0.15, -0.1) is 0 Å². The van der Waals surface area contributed by atoms with E-state index in [2.05, 4.69) is 20.7 Å². The van der Waals surface area contributed by atoms with Crippen molar-refractivity contribution in [2.75, 3.05) is 5.32 Å². The highest BCUT2D eigenvalue weighted by atomic mass is 16.3. The third-order valence-electron chi connectivity index (χ3n) is 5.35. The average molecular weight is 379 g/mol. The number of aromatic nitrogens is 3. The number of carbonyl (C=O) groups is 1. The van der Waals surface area contributed by atoms with Crippen molar-refractivity contribution in [3.05, 3.63) is 53.9 Å². The number of hydrogen-bond acceptors (Lipinski definition) is 4. The highest BCUT2D eigenvalue weighted by Crippen LogP contribution is 2.33. The maximum atomic E-state index is 12.4. The van der Waals surface area contributed by atoms with Crippen LogP contribution in [0, 0.1) is 0 Å². The van der Waals surface area contributed by atoms with Gasteiger partial charge in [-0.3, -0.25) is 10.00 Å². The minimum Gasteiger partial charge on any atom is -0.390 e. The molecule has 0 saturated heterocycles. The largest absolute Gasteiger partial charge is 0.390 e. The number of rotatable bonds is 5. The van der Waals surface area contributed by atoms with E-state index >= 15 is 0 Å². The molecule has 1 atom stereocenters. The molecule has 7 nitrogen and oxygen atoms in total. The Morgan fingerprint density at radius 2 is 2.04 bits per heavy atom. The normalized spacial score (nSPS) is 15.6. The summed E-state index contributed by atoms with van der Waals surface area (Å²) in [6.45, 7) is 1.72. The molecule has 1 aliphatic carbocycles. The van der Waals surface area contributed by atoms with Crippen LogP contribution < -0.4 is 10.6 Å². The molecule has 146 valence electrons. The van der Waals surface area contributed by atoms with Crippen molar-refractivity contribution in [1.29, 1.82) is 0 Å². The monoisotopic (exact) mass is 379 g/mol. The highest BCUT2D eigenvalue weighted by Gasteiger charge is 2.22. The number of pyridine rings is 1. The van der Waals surface area contributed by atoms with Crippen LogP contribution in [0.3, 0.4) is 0 Å². The molecular weight excluding hydrogens is 354 g/mol. The summed E-state index contributed by atoms with van der Waals surface area (Å²) in [7, 11) is 0. The highest BCUT2D eigenvalue weighted by molar-refractivity contribution is 5.92. The first kappa shape index (κ1) is 18.4. The van der Waals surface area contributed by atoms with E-state index in [1.165, 1.54) is 12.8 Å². The van der Waals surface area contributed by atoms with E-state index in [0.29, 0.717) is 17.6 Å². The zero-order valence-electron chi connectivity index (χ0n) is 15.9. The number of amides is 2.